The van der Waals surface area contributed by atoms with Crippen LogP contribution < -0.4 is 5.32 Å². The number of para-hydroxylation sites is 1. The van der Waals surface area contributed by atoms with Crippen LogP contribution in [0.1, 0.15) is 16.2 Å². The highest BCUT2D eigenvalue weighted by molar-refractivity contribution is 7.21. The maximum absolute atomic E-state index is 12.4. The van der Waals surface area contributed by atoms with Crippen LogP contribution in [0.4, 0.5) is 5.69 Å². The number of fused-ring (bicyclic) bond motifs is 1. The first-order valence-corrected chi connectivity index (χ1v) is 8.70. The zero-order valence-corrected chi connectivity index (χ0v) is 14.7. The van der Waals surface area contributed by atoms with Gasteiger partial charge in [0.1, 0.15) is 5.01 Å². The molecule has 124 valence electrons. The van der Waals surface area contributed by atoms with Crippen LogP contribution in [0.2, 0.25) is 0 Å². The van der Waals surface area contributed by atoms with Crippen molar-refractivity contribution in [3.05, 3.63) is 66.0 Å². The van der Waals surface area contributed by atoms with Gasteiger partial charge >= 0.3 is 0 Å². The number of nitrogens with one attached hydrogen (secondary N) is 1. The van der Waals surface area contributed by atoms with E-state index in [4.69, 9.17) is 0 Å². The van der Waals surface area contributed by atoms with Crippen molar-refractivity contribution in [2.75, 3.05) is 5.32 Å². The van der Waals surface area contributed by atoms with Crippen LogP contribution in [0, 0.1) is 6.92 Å². The molecule has 4 aromatic rings. The summed E-state index contributed by atoms with van der Waals surface area (Å²) in [5.74, 6) is -0.217. The van der Waals surface area contributed by atoms with E-state index in [0.29, 0.717) is 5.69 Å². The predicted molar refractivity (Wildman–Crippen MR) is 101 cm³/mol. The fourth-order valence-electron chi connectivity index (χ4n) is 2.59. The highest BCUT2D eigenvalue weighted by Crippen LogP contribution is 2.31. The van der Waals surface area contributed by atoms with E-state index < -0.39 is 0 Å². The summed E-state index contributed by atoms with van der Waals surface area (Å²) in [5.41, 5.74) is 4.04. The van der Waals surface area contributed by atoms with E-state index in [1.165, 1.54) is 0 Å². The number of nitrogens with zero attached hydrogens (tertiary/aromatic N) is 3. The minimum absolute atomic E-state index is 0.217. The summed E-state index contributed by atoms with van der Waals surface area (Å²) in [6, 6.07) is 17.5. The Kier molecular flexibility index (Phi) is 3.82. The summed E-state index contributed by atoms with van der Waals surface area (Å²) in [6.45, 7) is 1.91. The molecule has 0 aliphatic rings. The zero-order valence-electron chi connectivity index (χ0n) is 13.9. The van der Waals surface area contributed by atoms with Gasteiger partial charge in [0.2, 0.25) is 0 Å². The fourth-order valence-corrected chi connectivity index (χ4v) is 3.55. The molecule has 2 aromatic carbocycles. The van der Waals surface area contributed by atoms with E-state index in [-0.39, 0.29) is 5.91 Å². The number of benzene rings is 2. The van der Waals surface area contributed by atoms with E-state index in [1.807, 2.05) is 56.4 Å². The van der Waals surface area contributed by atoms with Gasteiger partial charge in [0, 0.05) is 24.0 Å². The number of carbonyl (C=O) groups is 1. The molecule has 0 saturated carbocycles. The smallest absolute Gasteiger partial charge is 0.276 e. The topological polar surface area (TPSA) is 59.8 Å². The third-order valence-corrected chi connectivity index (χ3v) is 5.09. The Hall–Kier alpha value is -2.99. The average Bonchev–Trinajstić information content (AvgIpc) is 3.19. The summed E-state index contributed by atoms with van der Waals surface area (Å²) in [5, 5.41) is 8.05. The molecule has 0 unspecified atom stereocenters. The quantitative estimate of drug-likeness (QED) is 0.602. The van der Waals surface area contributed by atoms with Crippen molar-refractivity contribution in [1.29, 1.82) is 0 Å². The highest BCUT2D eigenvalue weighted by atomic mass is 32.1. The molecular weight excluding hydrogens is 332 g/mol. The van der Waals surface area contributed by atoms with Crippen molar-refractivity contribution >= 4 is 33.1 Å². The van der Waals surface area contributed by atoms with Gasteiger partial charge in [0.25, 0.3) is 5.91 Å². The van der Waals surface area contributed by atoms with Gasteiger partial charge in [0.15, 0.2) is 5.69 Å². The van der Waals surface area contributed by atoms with Gasteiger partial charge in [0.05, 0.1) is 10.2 Å². The van der Waals surface area contributed by atoms with Crippen molar-refractivity contribution in [1.82, 2.24) is 14.8 Å². The maximum atomic E-state index is 12.4. The fraction of sp³-hybridized carbons (Fsp3) is 0.105. The number of hydrogen-bond donors (Lipinski definition) is 1. The first kappa shape index (κ1) is 15.5. The number of thiazole rings is 1. The molecule has 0 fully saturated rings. The maximum Gasteiger partial charge on any atom is 0.276 e. The minimum atomic E-state index is -0.217. The monoisotopic (exact) mass is 348 g/mol. The van der Waals surface area contributed by atoms with Gasteiger partial charge in [-0.15, -0.1) is 11.3 Å². The second-order valence-electron chi connectivity index (χ2n) is 5.82. The van der Waals surface area contributed by atoms with Crippen molar-refractivity contribution in [3.63, 3.8) is 0 Å². The summed E-state index contributed by atoms with van der Waals surface area (Å²) in [6.07, 6.45) is 0. The molecule has 0 spiro atoms. The lowest BCUT2D eigenvalue weighted by molar-refractivity contribution is 0.102. The largest absolute Gasteiger partial charge is 0.321 e. The highest BCUT2D eigenvalue weighted by Gasteiger charge is 2.12. The molecule has 1 amide bonds. The Morgan fingerprint density at radius 2 is 1.96 bits per heavy atom. The van der Waals surface area contributed by atoms with E-state index in [9.17, 15) is 4.79 Å². The summed E-state index contributed by atoms with van der Waals surface area (Å²) < 4.78 is 2.84. The number of anilines is 1. The Labute approximate surface area is 149 Å². The van der Waals surface area contributed by atoms with Gasteiger partial charge in [-0.3, -0.25) is 9.48 Å². The van der Waals surface area contributed by atoms with Crippen LogP contribution in [-0.4, -0.2) is 20.7 Å². The zero-order chi connectivity index (χ0) is 17.4. The molecule has 6 heteroatoms. The van der Waals surface area contributed by atoms with Gasteiger partial charge in [-0.2, -0.15) is 5.10 Å². The van der Waals surface area contributed by atoms with Crippen LogP contribution in [0.3, 0.4) is 0 Å². The van der Waals surface area contributed by atoms with Crippen molar-refractivity contribution < 1.29 is 4.79 Å². The molecule has 0 aliphatic carbocycles. The first-order chi connectivity index (χ1) is 12.1. The number of carbonyl (C=O) groups excluding carboxylic acids is 1. The third-order valence-electron chi connectivity index (χ3n) is 4.01. The second-order valence-corrected chi connectivity index (χ2v) is 6.85. The molecule has 2 heterocycles. The minimum Gasteiger partial charge on any atom is -0.321 e. The molecule has 0 atom stereocenters. The summed E-state index contributed by atoms with van der Waals surface area (Å²) in [4.78, 5) is 17.0. The summed E-state index contributed by atoms with van der Waals surface area (Å²) in [7, 11) is 1.82. The summed E-state index contributed by atoms with van der Waals surface area (Å²) >= 11 is 1.64. The molecule has 0 saturated heterocycles. The normalized spacial score (nSPS) is 11.0. The van der Waals surface area contributed by atoms with Crippen molar-refractivity contribution in [2.24, 2.45) is 7.05 Å². The van der Waals surface area contributed by atoms with E-state index in [2.05, 4.69) is 21.5 Å². The van der Waals surface area contributed by atoms with Crippen LogP contribution in [0.15, 0.2) is 54.6 Å². The lowest BCUT2D eigenvalue weighted by Crippen LogP contribution is -2.13. The average molecular weight is 348 g/mol. The molecule has 0 radical (unpaired) electrons. The Morgan fingerprint density at radius 3 is 2.72 bits per heavy atom. The molecule has 25 heavy (non-hydrogen) atoms. The van der Waals surface area contributed by atoms with Gasteiger partial charge < -0.3 is 5.32 Å². The van der Waals surface area contributed by atoms with Crippen molar-refractivity contribution in [3.8, 4) is 10.6 Å². The van der Waals surface area contributed by atoms with Crippen LogP contribution in [-0.2, 0) is 7.05 Å². The van der Waals surface area contributed by atoms with Gasteiger partial charge in [-0.25, -0.2) is 4.98 Å². The lowest BCUT2D eigenvalue weighted by Gasteiger charge is -2.04. The second kappa shape index (κ2) is 6.14. The number of aryl methyl sites for hydroxylation is 2. The lowest BCUT2D eigenvalue weighted by atomic mass is 10.2. The van der Waals surface area contributed by atoms with Gasteiger partial charge in [-0.1, -0.05) is 24.3 Å². The third kappa shape index (κ3) is 3.04. The molecule has 2 aromatic heterocycles. The Bertz CT molecular complexity index is 1030. The molecule has 0 aliphatic heterocycles. The van der Waals surface area contributed by atoms with Crippen LogP contribution in [0.25, 0.3) is 20.8 Å². The number of hydrogen-bond acceptors (Lipinski definition) is 4. The van der Waals surface area contributed by atoms with Gasteiger partial charge in [-0.05, 0) is 37.3 Å². The molecular formula is C19H16N4OS. The SMILES string of the molecule is Cc1cc(C(=O)Nc2cccc(-c3nc4ccccc4s3)c2)nn1C. The molecule has 1 N–H and O–H groups in total. The molecule has 5 nitrogen and oxygen atoms in total. The number of rotatable bonds is 3. The predicted octanol–water partition coefficient (Wildman–Crippen LogP) is 4.26. The van der Waals surface area contributed by atoms with Crippen LogP contribution in [0.5, 0.6) is 0 Å². The number of amides is 1. The van der Waals surface area contributed by atoms with E-state index in [0.717, 1.165) is 32.2 Å². The van der Waals surface area contributed by atoms with Crippen LogP contribution >= 0.6 is 11.3 Å². The van der Waals surface area contributed by atoms with Crippen molar-refractivity contribution in [2.45, 2.75) is 6.92 Å². The Morgan fingerprint density at radius 1 is 1.12 bits per heavy atom. The standard InChI is InChI=1S/C19H16N4OS/c1-12-10-16(22-23(12)2)18(24)20-14-7-5-6-13(11-14)19-21-15-8-3-4-9-17(15)25-19/h3-11H,1-2H3,(H,20,24). The molecule has 0 bridgehead atoms. The van der Waals surface area contributed by atoms with E-state index in [1.54, 1.807) is 22.1 Å². The Balaban J connectivity index is 1.61. The number of aromatic nitrogens is 3. The van der Waals surface area contributed by atoms with E-state index >= 15 is 0 Å². The molecule has 4 rings (SSSR count). The first-order valence-electron chi connectivity index (χ1n) is 7.88.